The van der Waals surface area contributed by atoms with Crippen LogP contribution < -0.4 is 42.5 Å². The lowest BCUT2D eigenvalue weighted by molar-refractivity contribution is 0.101. The van der Waals surface area contributed by atoms with E-state index in [2.05, 4.69) is 42.5 Å². The average Bonchev–Trinajstić information content (AvgIpc) is 3.72. The van der Waals surface area contributed by atoms with Crippen molar-refractivity contribution in [3.63, 3.8) is 0 Å². The Hall–Kier alpha value is -11.8. The number of nitrogens with one attached hydrogen (secondary N) is 8. The molecule has 0 aliphatic heterocycles. The minimum absolute atomic E-state index is 0.276. The standard InChI is InChI=1S/C68H52N8O8/c77-61(69-52-12-3-1-4-13-52)43-21-23-45(24-22-43)63(79)71-54-37-39-55(40-38-54)72-64(80)46-33-35-50(36-34-46)68(84)76-60-20-8-7-19-59(60)51-11-9-16-56(41-51)73-65(81)47-29-31-49(32-30-47)67(83)75-58-18-10-17-57(42-58)74-66(82)48-27-25-44(26-28-48)62(78)70-53-14-5-2-6-15-53/h1-42,66,74,82H,(H,69,77)(H,70,78)(H,71,79)(H,72,80)(H,73,81)(H,75,83)(H,76,84). The van der Waals surface area contributed by atoms with Gasteiger partial charge in [-0.25, -0.2) is 0 Å². The molecule has 0 aliphatic rings. The van der Waals surface area contributed by atoms with Crippen molar-refractivity contribution in [1.29, 1.82) is 0 Å². The molecule has 7 amide bonds. The molecule has 10 aromatic rings. The summed E-state index contributed by atoms with van der Waals surface area (Å²) in [5.41, 5.74) is 8.65. The Morgan fingerprint density at radius 1 is 0.262 bits per heavy atom. The quantitative estimate of drug-likeness (QED) is 0.0371. The van der Waals surface area contributed by atoms with Crippen LogP contribution in [0.3, 0.4) is 0 Å². The van der Waals surface area contributed by atoms with Gasteiger partial charge in [-0.3, -0.25) is 33.6 Å². The molecule has 9 N–H and O–H groups in total. The minimum Gasteiger partial charge on any atom is -0.369 e. The second kappa shape index (κ2) is 26.0. The number of aliphatic hydroxyl groups excluding tert-OH is 1. The van der Waals surface area contributed by atoms with Crippen LogP contribution in [0.15, 0.2) is 255 Å². The maximum absolute atomic E-state index is 13.6. The molecule has 0 aliphatic carbocycles. The van der Waals surface area contributed by atoms with E-state index in [1.54, 1.807) is 200 Å². The van der Waals surface area contributed by atoms with Gasteiger partial charge in [0.1, 0.15) is 0 Å². The molecule has 0 bridgehead atoms. The number of para-hydroxylation sites is 3. The molecule has 0 heterocycles. The summed E-state index contributed by atoms with van der Waals surface area (Å²) in [6.07, 6.45) is -1.11. The van der Waals surface area contributed by atoms with E-state index in [0.717, 1.165) is 0 Å². The summed E-state index contributed by atoms with van der Waals surface area (Å²) in [4.78, 5) is 91.9. The molecule has 84 heavy (non-hydrogen) atoms. The highest BCUT2D eigenvalue weighted by molar-refractivity contribution is 6.11. The third-order valence-corrected chi connectivity index (χ3v) is 13.2. The predicted octanol–water partition coefficient (Wildman–Crippen LogP) is 13.2. The Balaban J connectivity index is 0.686. The number of hydrogen-bond donors (Lipinski definition) is 9. The summed E-state index contributed by atoms with van der Waals surface area (Å²) in [5, 5.41) is 34.0. The van der Waals surface area contributed by atoms with Gasteiger partial charge in [-0.1, -0.05) is 84.9 Å². The second-order valence-electron chi connectivity index (χ2n) is 19.1. The maximum Gasteiger partial charge on any atom is 0.255 e. The normalized spacial score (nSPS) is 11.0. The molecule has 1 atom stereocenters. The fraction of sp³-hybridized carbons (Fsp3) is 0.0147. The fourth-order valence-corrected chi connectivity index (χ4v) is 8.77. The SMILES string of the molecule is O=C(Nc1ccccc1)c1ccc(C(=O)Nc2ccc(NC(=O)c3ccc(C(=O)Nc4ccccc4-c4cccc(NC(=O)c5ccc(C(=O)Nc6cccc(NC(O)c7ccc(C(=O)Nc8ccccc8)cc7)c6)cc5)c4)cc3)cc2)cc1. The van der Waals surface area contributed by atoms with Crippen molar-refractivity contribution in [3.8, 4) is 11.1 Å². The minimum atomic E-state index is -1.11. The first-order valence-electron chi connectivity index (χ1n) is 26.4. The Bertz CT molecular complexity index is 4030. The van der Waals surface area contributed by atoms with Gasteiger partial charge in [-0.05, 0) is 175 Å². The van der Waals surface area contributed by atoms with E-state index in [9.17, 15) is 38.7 Å². The van der Waals surface area contributed by atoms with Crippen LogP contribution in [0, 0.1) is 0 Å². The number of benzene rings is 10. The molecule has 16 heteroatoms. The van der Waals surface area contributed by atoms with E-state index in [0.29, 0.717) is 101 Å². The molecule has 0 fully saturated rings. The molecule has 0 saturated carbocycles. The molecule has 10 aromatic carbocycles. The van der Waals surface area contributed by atoms with Crippen LogP contribution >= 0.6 is 0 Å². The van der Waals surface area contributed by atoms with E-state index in [1.807, 2.05) is 54.6 Å². The first-order chi connectivity index (χ1) is 40.9. The van der Waals surface area contributed by atoms with Crippen LogP contribution in [0.5, 0.6) is 0 Å². The van der Waals surface area contributed by atoms with Crippen LogP contribution in [0.4, 0.5) is 45.5 Å². The van der Waals surface area contributed by atoms with Crippen LogP contribution in [-0.2, 0) is 0 Å². The van der Waals surface area contributed by atoms with E-state index >= 15 is 0 Å². The van der Waals surface area contributed by atoms with Gasteiger partial charge in [-0.15, -0.1) is 0 Å². The number of rotatable bonds is 18. The van der Waals surface area contributed by atoms with Gasteiger partial charge in [0, 0.05) is 95.6 Å². The molecule has 0 saturated heterocycles. The van der Waals surface area contributed by atoms with Crippen molar-refractivity contribution in [3.05, 3.63) is 299 Å². The van der Waals surface area contributed by atoms with Gasteiger partial charge < -0.3 is 47.6 Å². The second-order valence-corrected chi connectivity index (χ2v) is 19.1. The molecular formula is C68H52N8O8. The highest BCUT2D eigenvalue weighted by Gasteiger charge is 2.17. The Labute approximate surface area is 482 Å². The van der Waals surface area contributed by atoms with E-state index in [-0.39, 0.29) is 17.7 Å². The molecule has 0 aromatic heterocycles. The number of aliphatic hydroxyl groups is 1. The van der Waals surface area contributed by atoms with Gasteiger partial charge in [-0.2, -0.15) is 0 Å². The molecule has 10 rings (SSSR count). The topological polar surface area (TPSA) is 236 Å². The third kappa shape index (κ3) is 14.3. The maximum atomic E-state index is 13.6. The van der Waals surface area contributed by atoms with Crippen LogP contribution in [0.2, 0.25) is 0 Å². The van der Waals surface area contributed by atoms with Gasteiger partial charge in [0.25, 0.3) is 41.4 Å². The first kappa shape index (κ1) is 55.6. The molecular weight excluding hydrogens is 1060 g/mol. The molecule has 1 unspecified atom stereocenters. The monoisotopic (exact) mass is 1110 g/mol. The van der Waals surface area contributed by atoms with Crippen molar-refractivity contribution in [2.45, 2.75) is 6.23 Å². The Morgan fingerprint density at radius 2 is 0.560 bits per heavy atom. The summed E-state index contributed by atoms with van der Waals surface area (Å²) in [5.74, 6) is -2.59. The van der Waals surface area contributed by atoms with E-state index in [4.69, 9.17) is 0 Å². The zero-order valence-corrected chi connectivity index (χ0v) is 44.6. The number of carbonyl (C=O) groups excluding carboxylic acids is 7. The summed E-state index contributed by atoms with van der Waals surface area (Å²) in [6, 6.07) is 71.2. The van der Waals surface area contributed by atoms with Crippen molar-refractivity contribution in [2.24, 2.45) is 0 Å². The van der Waals surface area contributed by atoms with Crippen molar-refractivity contribution in [1.82, 2.24) is 0 Å². The van der Waals surface area contributed by atoms with Crippen LogP contribution in [0.25, 0.3) is 11.1 Å². The largest absolute Gasteiger partial charge is 0.369 e. The van der Waals surface area contributed by atoms with Crippen molar-refractivity contribution in [2.75, 3.05) is 42.5 Å². The fourth-order valence-electron chi connectivity index (χ4n) is 8.77. The van der Waals surface area contributed by atoms with Gasteiger partial charge in [0.05, 0.1) is 0 Å². The summed E-state index contributed by atoms with van der Waals surface area (Å²) < 4.78 is 0. The smallest absolute Gasteiger partial charge is 0.255 e. The summed E-state index contributed by atoms with van der Waals surface area (Å²) in [7, 11) is 0. The molecule has 16 nitrogen and oxygen atoms in total. The number of anilines is 8. The Kier molecular flexibility index (Phi) is 17.2. The van der Waals surface area contributed by atoms with E-state index in [1.165, 1.54) is 0 Å². The average molecular weight is 1110 g/mol. The zero-order valence-electron chi connectivity index (χ0n) is 44.6. The first-order valence-corrected chi connectivity index (χ1v) is 26.4. The van der Waals surface area contributed by atoms with E-state index < -0.39 is 29.9 Å². The lowest BCUT2D eigenvalue weighted by atomic mass is 10.0. The third-order valence-electron chi connectivity index (χ3n) is 13.2. The highest BCUT2D eigenvalue weighted by Crippen LogP contribution is 2.31. The number of hydrogen-bond acceptors (Lipinski definition) is 9. The van der Waals surface area contributed by atoms with Gasteiger partial charge in [0.2, 0.25) is 0 Å². The zero-order chi connectivity index (χ0) is 58.4. The lowest BCUT2D eigenvalue weighted by Gasteiger charge is -2.16. The van der Waals surface area contributed by atoms with Gasteiger partial charge in [0.15, 0.2) is 6.23 Å². The highest BCUT2D eigenvalue weighted by atomic mass is 16.3. The number of amides is 7. The molecule has 412 valence electrons. The number of carbonyl (C=O) groups is 7. The lowest BCUT2D eigenvalue weighted by Crippen LogP contribution is -2.15. The molecule has 0 spiro atoms. The van der Waals surface area contributed by atoms with Crippen LogP contribution in [-0.4, -0.2) is 46.5 Å². The molecule has 0 radical (unpaired) electrons. The van der Waals surface area contributed by atoms with Crippen molar-refractivity contribution >= 4 is 86.8 Å². The summed E-state index contributed by atoms with van der Waals surface area (Å²) in [6.45, 7) is 0. The van der Waals surface area contributed by atoms with Crippen molar-refractivity contribution < 1.29 is 38.7 Å². The van der Waals surface area contributed by atoms with Gasteiger partial charge >= 0.3 is 0 Å². The van der Waals surface area contributed by atoms with Crippen LogP contribution in [0.1, 0.15) is 84.3 Å². The summed E-state index contributed by atoms with van der Waals surface area (Å²) >= 11 is 0. The Morgan fingerprint density at radius 3 is 0.976 bits per heavy atom. The predicted molar refractivity (Wildman–Crippen MR) is 328 cm³/mol.